The first kappa shape index (κ1) is 21.1. The fraction of sp³-hybridized carbons (Fsp3) is 0.565. The van der Waals surface area contributed by atoms with E-state index in [4.69, 9.17) is 9.47 Å². The number of methoxy groups -OCH3 is 1. The molecule has 0 bridgehead atoms. The van der Waals surface area contributed by atoms with Gasteiger partial charge in [0.1, 0.15) is 11.8 Å². The van der Waals surface area contributed by atoms with Crippen LogP contribution in [-0.2, 0) is 11.3 Å². The van der Waals surface area contributed by atoms with Gasteiger partial charge in [-0.05, 0) is 73.5 Å². The number of pyridine rings is 1. The number of nitrogens with one attached hydrogen (secondary N) is 1. The van der Waals surface area contributed by atoms with Gasteiger partial charge in [-0.3, -0.25) is 9.69 Å². The molecule has 0 radical (unpaired) electrons. The third-order valence-corrected chi connectivity index (χ3v) is 6.59. The van der Waals surface area contributed by atoms with Crippen LogP contribution in [0.15, 0.2) is 29.1 Å². The SMILES string of the molecule is COc1ccc2[nH]c(=O)c(C(c3nnnn3CC3CCCO3)N3CCCCCC3)cc2c1. The van der Waals surface area contributed by atoms with Crippen molar-refractivity contribution in [3.8, 4) is 5.75 Å². The number of benzene rings is 1. The molecule has 2 unspecified atom stereocenters. The summed E-state index contributed by atoms with van der Waals surface area (Å²) in [4.78, 5) is 18.7. The first-order valence-electron chi connectivity index (χ1n) is 11.6. The zero-order valence-corrected chi connectivity index (χ0v) is 18.5. The van der Waals surface area contributed by atoms with Crippen molar-refractivity contribution in [3.63, 3.8) is 0 Å². The molecule has 5 rings (SSSR count). The molecule has 3 aromatic rings. The minimum atomic E-state index is -0.316. The number of aromatic amines is 1. The Morgan fingerprint density at radius 3 is 2.78 bits per heavy atom. The molecular weight excluding hydrogens is 408 g/mol. The number of rotatable bonds is 6. The molecule has 2 atom stereocenters. The van der Waals surface area contributed by atoms with Crippen molar-refractivity contribution in [2.24, 2.45) is 0 Å². The molecule has 32 heavy (non-hydrogen) atoms. The Bertz CT molecular complexity index is 1110. The maximum Gasteiger partial charge on any atom is 0.253 e. The van der Waals surface area contributed by atoms with E-state index in [0.717, 1.165) is 62.0 Å². The largest absolute Gasteiger partial charge is 0.497 e. The molecule has 9 nitrogen and oxygen atoms in total. The Balaban J connectivity index is 1.60. The number of nitrogens with zero attached hydrogens (tertiary/aromatic N) is 5. The van der Waals surface area contributed by atoms with Gasteiger partial charge < -0.3 is 14.5 Å². The van der Waals surface area contributed by atoms with Gasteiger partial charge in [0.05, 0.1) is 19.8 Å². The fourth-order valence-corrected chi connectivity index (χ4v) is 4.90. The van der Waals surface area contributed by atoms with Gasteiger partial charge in [-0.25, -0.2) is 4.68 Å². The summed E-state index contributed by atoms with van der Waals surface area (Å²) in [6, 6.07) is 7.33. The molecule has 2 saturated heterocycles. The zero-order valence-electron chi connectivity index (χ0n) is 18.5. The first-order valence-corrected chi connectivity index (χ1v) is 11.6. The molecule has 0 saturated carbocycles. The van der Waals surface area contributed by atoms with Gasteiger partial charge in [0.2, 0.25) is 0 Å². The lowest BCUT2D eigenvalue weighted by Crippen LogP contribution is -2.36. The van der Waals surface area contributed by atoms with Crippen LogP contribution in [0.4, 0.5) is 0 Å². The summed E-state index contributed by atoms with van der Waals surface area (Å²) in [5.41, 5.74) is 1.34. The summed E-state index contributed by atoms with van der Waals surface area (Å²) in [6.45, 7) is 3.20. The fourth-order valence-electron chi connectivity index (χ4n) is 4.90. The number of ether oxygens (including phenoxy) is 2. The van der Waals surface area contributed by atoms with Crippen molar-refractivity contribution in [1.82, 2.24) is 30.1 Å². The molecule has 0 amide bonds. The van der Waals surface area contributed by atoms with Gasteiger partial charge in [0.25, 0.3) is 5.56 Å². The van der Waals surface area contributed by atoms with Crippen LogP contribution in [0.2, 0.25) is 0 Å². The van der Waals surface area contributed by atoms with Crippen LogP contribution in [0, 0.1) is 0 Å². The van der Waals surface area contributed by atoms with Crippen LogP contribution >= 0.6 is 0 Å². The number of hydrogen-bond donors (Lipinski definition) is 1. The van der Waals surface area contributed by atoms with E-state index >= 15 is 0 Å². The molecule has 2 aliphatic rings. The highest BCUT2D eigenvalue weighted by Gasteiger charge is 2.32. The van der Waals surface area contributed by atoms with Crippen molar-refractivity contribution >= 4 is 10.9 Å². The second-order valence-electron chi connectivity index (χ2n) is 8.71. The molecule has 1 aromatic carbocycles. The van der Waals surface area contributed by atoms with E-state index in [1.165, 1.54) is 12.8 Å². The van der Waals surface area contributed by atoms with Gasteiger partial charge in [0.15, 0.2) is 5.82 Å². The predicted octanol–water partition coefficient (Wildman–Crippen LogP) is 2.67. The van der Waals surface area contributed by atoms with E-state index in [2.05, 4.69) is 25.4 Å². The van der Waals surface area contributed by atoms with Gasteiger partial charge in [0, 0.05) is 23.1 Å². The monoisotopic (exact) mass is 438 g/mol. The second-order valence-corrected chi connectivity index (χ2v) is 8.71. The van der Waals surface area contributed by atoms with Crippen molar-refractivity contribution in [3.05, 3.63) is 46.0 Å². The highest BCUT2D eigenvalue weighted by atomic mass is 16.5. The van der Waals surface area contributed by atoms with E-state index in [0.29, 0.717) is 17.9 Å². The molecule has 0 spiro atoms. The molecule has 2 aliphatic heterocycles. The smallest absolute Gasteiger partial charge is 0.253 e. The Morgan fingerprint density at radius 1 is 1.19 bits per heavy atom. The maximum atomic E-state index is 13.3. The van der Waals surface area contributed by atoms with Gasteiger partial charge >= 0.3 is 0 Å². The van der Waals surface area contributed by atoms with E-state index in [-0.39, 0.29) is 17.7 Å². The topological polar surface area (TPSA) is 98.2 Å². The Morgan fingerprint density at radius 2 is 2.03 bits per heavy atom. The van der Waals surface area contributed by atoms with Gasteiger partial charge in [-0.1, -0.05) is 12.8 Å². The maximum absolute atomic E-state index is 13.3. The summed E-state index contributed by atoms with van der Waals surface area (Å²) in [7, 11) is 1.65. The van der Waals surface area contributed by atoms with Gasteiger partial charge in [-0.2, -0.15) is 0 Å². The van der Waals surface area contributed by atoms with E-state index in [9.17, 15) is 4.79 Å². The third-order valence-electron chi connectivity index (χ3n) is 6.59. The number of likely N-dealkylation sites (tertiary alicyclic amines) is 1. The Labute approximate surface area is 186 Å². The summed E-state index contributed by atoms with van der Waals surface area (Å²) < 4.78 is 13.1. The lowest BCUT2D eigenvalue weighted by molar-refractivity contribution is 0.0909. The first-order chi connectivity index (χ1) is 15.7. The summed E-state index contributed by atoms with van der Waals surface area (Å²) in [5, 5.41) is 13.6. The van der Waals surface area contributed by atoms with Crippen LogP contribution < -0.4 is 10.3 Å². The minimum absolute atomic E-state index is 0.108. The van der Waals surface area contributed by atoms with Crippen molar-refractivity contribution in [2.75, 3.05) is 26.8 Å². The Hall–Kier alpha value is -2.78. The molecule has 0 aliphatic carbocycles. The molecule has 1 N–H and O–H groups in total. The third kappa shape index (κ3) is 4.27. The number of hydrogen-bond acceptors (Lipinski definition) is 7. The van der Waals surface area contributed by atoms with Crippen molar-refractivity contribution < 1.29 is 9.47 Å². The number of tetrazole rings is 1. The lowest BCUT2D eigenvalue weighted by Gasteiger charge is -2.30. The molecular formula is C23H30N6O3. The van der Waals surface area contributed by atoms with Crippen LogP contribution in [0.1, 0.15) is 56.0 Å². The number of H-pyrrole nitrogens is 1. The van der Waals surface area contributed by atoms with Gasteiger partial charge in [-0.15, -0.1) is 5.10 Å². The number of aromatic nitrogens is 5. The Kier molecular flexibility index (Phi) is 6.18. The van der Waals surface area contributed by atoms with E-state index < -0.39 is 0 Å². The average Bonchev–Trinajstić information content (AvgIpc) is 3.41. The molecule has 9 heteroatoms. The lowest BCUT2D eigenvalue weighted by atomic mass is 10.0. The van der Waals surface area contributed by atoms with Crippen LogP contribution in [0.5, 0.6) is 5.75 Å². The normalized spacial score (nSPS) is 21.0. The second kappa shape index (κ2) is 9.38. The zero-order chi connectivity index (χ0) is 21.9. The quantitative estimate of drug-likeness (QED) is 0.632. The summed E-state index contributed by atoms with van der Waals surface area (Å²) >= 11 is 0. The predicted molar refractivity (Wildman–Crippen MR) is 120 cm³/mol. The molecule has 2 fully saturated rings. The standard InChI is InChI=1S/C23H30N6O3/c1-31-17-8-9-20-16(13-17)14-19(23(30)24-20)21(28-10-4-2-3-5-11-28)22-25-26-27-29(22)15-18-7-6-12-32-18/h8-9,13-14,18,21H,2-7,10-12,15H2,1H3,(H,24,30). The highest BCUT2D eigenvalue weighted by Crippen LogP contribution is 2.30. The molecule has 2 aromatic heterocycles. The average molecular weight is 439 g/mol. The van der Waals surface area contributed by atoms with Crippen LogP contribution in [-0.4, -0.2) is 63.0 Å². The van der Waals surface area contributed by atoms with E-state index in [1.54, 1.807) is 7.11 Å². The molecule has 170 valence electrons. The van der Waals surface area contributed by atoms with Crippen molar-refractivity contribution in [2.45, 2.75) is 57.2 Å². The van der Waals surface area contributed by atoms with Crippen LogP contribution in [0.25, 0.3) is 10.9 Å². The van der Waals surface area contributed by atoms with Crippen LogP contribution in [0.3, 0.4) is 0 Å². The minimum Gasteiger partial charge on any atom is -0.497 e. The van der Waals surface area contributed by atoms with E-state index in [1.807, 2.05) is 28.9 Å². The summed E-state index contributed by atoms with van der Waals surface area (Å²) in [6.07, 6.45) is 6.78. The summed E-state index contributed by atoms with van der Waals surface area (Å²) in [5.74, 6) is 1.46. The van der Waals surface area contributed by atoms with Crippen molar-refractivity contribution in [1.29, 1.82) is 0 Å². The molecule has 4 heterocycles. The highest BCUT2D eigenvalue weighted by molar-refractivity contribution is 5.80. The number of fused-ring (bicyclic) bond motifs is 1.